The van der Waals surface area contributed by atoms with Gasteiger partial charge in [0.05, 0.1) is 25.3 Å². The molecule has 0 saturated heterocycles. The van der Waals surface area contributed by atoms with Gasteiger partial charge in [0.15, 0.2) is 6.34 Å². The first-order chi connectivity index (χ1) is 11.7. The molecule has 140 valence electrons. The lowest BCUT2D eigenvalue weighted by Gasteiger charge is -2.16. The number of para-hydroxylation sites is 1. The number of nitrogens with zero attached hydrogens (tertiary/aromatic N) is 1. The standard InChI is InChI=1S/C19H20ClN3O.2ClH/c20-16-8-6-15(7-9-16)10-12-21-11-3-13-23-14-22-18-5-2-1-4-17(18)19(23)24;;/h1-2,4-9,14,21H,3,10-13H2;2*1H. The molecule has 0 fully saturated rings. The van der Waals surface area contributed by atoms with Gasteiger partial charge in [0.25, 0.3) is 0 Å². The van der Waals surface area contributed by atoms with Crippen LogP contribution < -0.4 is 35.0 Å². The molecular weight excluding hydrogens is 393 g/mol. The van der Waals surface area contributed by atoms with Gasteiger partial charge in [-0.05, 0) is 29.8 Å². The van der Waals surface area contributed by atoms with Crippen molar-refractivity contribution < 1.29 is 39.8 Å². The second-order valence-corrected chi connectivity index (χ2v) is 6.41. The zero-order chi connectivity index (χ0) is 16.8. The molecule has 2 aromatic carbocycles. The highest BCUT2D eigenvalue weighted by Gasteiger charge is 2.26. The Morgan fingerprint density at radius 2 is 1.73 bits per heavy atom. The zero-order valence-electron chi connectivity index (χ0n) is 14.3. The summed E-state index contributed by atoms with van der Waals surface area (Å²) in [5.41, 5.74) is 2.80. The molecule has 3 N–H and O–H groups in total. The summed E-state index contributed by atoms with van der Waals surface area (Å²) >= 11 is 5.88. The third-order valence-corrected chi connectivity index (χ3v) is 4.46. The second-order valence-electron chi connectivity index (χ2n) is 5.98. The van der Waals surface area contributed by atoms with Crippen molar-refractivity contribution in [3.63, 3.8) is 0 Å². The summed E-state index contributed by atoms with van der Waals surface area (Å²) in [5.74, 6) is 0.127. The number of nitrogens with one attached hydrogen (secondary N) is 1. The maximum atomic E-state index is 12.4. The minimum absolute atomic E-state index is 0. The van der Waals surface area contributed by atoms with E-state index in [-0.39, 0.29) is 30.7 Å². The molecule has 26 heavy (non-hydrogen) atoms. The molecule has 0 saturated carbocycles. The van der Waals surface area contributed by atoms with Crippen LogP contribution in [-0.4, -0.2) is 31.9 Å². The Morgan fingerprint density at radius 1 is 1.00 bits per heavy atom. The molecule has 0 aromatic heterocycles. The molecule has 0 aliphatic carbocycles. The van der Waals surface area contributed by atoms with Crippen LogP contribution >= 0.6 is 11.6 Å². The minimum Gasteiger partial charge on any atom is -1.00 e. The summed E-state index contributed by atoms with van der Waals surface area (Å²) in [5, 5.41) is 3.08. The van der Waals surface area contributed by atoms with Gasteiger partial charge in [0.1, 0.15) is 5.56 Å². The summed E-state index contributed by atoms with van der Waals surface area (Å²) in [6.45, 7) is 2.84. The summed E-state index contributed by atoms with van der Waals surface area (Å²) in [7, 11) is 0. The van der Waals surface area contributed by atoms with Gasteiger partial charge in [-0.3, -0.25) is 0 Å². The van der Waals surface area contributed by atoms with Gasteiger partial charge < -0.3 is 30.1 Å². The predicted octanol–water partition coefficient (Wildman–Crippen LogP) is -4.76. The average molecular weight is 415 g/mol. The Hall–Kier alpha value is -1.43. The first-order valence-electron chi connectivity index (χ1n) is 8.34. The Labute approximate surface area is 171 Å². The molecule has 2 aromatic rings. The largest absolute Gasteiger partial charge is 1.00 e. The molecule has 0 spiro atoms. The van der Waals surface area contributed by atoms with Crippen molar-refractivity contribution in [3.8, 4) is 0 Å². The van der Waals surface area contributed by atoms with Gasteiger partial charge in [-0.15, -0.1) is 0 Å². The second kappa shape index (κ2) is 11.3. The molecular formula is C19H22Cl3N3O. The molecule has 1 atom stereocenters. The normalized spacial score (nSPS) is 15.0. The Balaban J connectivity index is 0.00000169. The van der Waals surface area contributed by atoms with Crippen LogP contribution in [0.2, 0.25) is 5.02 Å². The Morgan fingerprint density at radius 3 is 2.50 bits per heavy atom. The number of carbonyl (C=O) groups excluding carboxylic acids is 1. The highest BCUT2D eigenvalue weighted by atomic mass is 35.5. The molecule has 1 unspecified atom stereocenters. The molecule has 1 aliphatic heterocycles. The van der Waals surface area contributed by atoms with E-state index in [4.69, 9.17) is 11.6 Å². The first kappa shape index (κ1) is 22.6. The summed E-state index contributed by atoms with van der Waals surface area (Å²) < 4.78 is 0. The highest BCUT2D eigenvalue weighted by molar-refractivity contribution is 6.30. The van der Waals surface area contributed by atoms with Crippen LogP contribution in [-0.2, 0) is 6.42 Å². The van der Waals surface area contributed by atoms with E-state index in [1.807, 2.05) is 36.4 Å². The lowest BCUT2D eigenvalue weighted by Crippen LogP contribution is -3.14. The van der Waals surface area contributed by atoms with Crippen molar-refractivity contribution >= 4 is 29.5 Å². The van der Waals surface area contributed by atoms with Crippen molar-refractivity contribution in [1.82, 2.24) is 0 Å². The fourth-order valence-corrected chi connectivity index (χ4v) is 2.96. The number of carbonyl (C=O) groups is 1. The molecule has 0 radical (unpaired) electrons. The molecule has 7 heteroatoms. The van der Waals surface area contributed by atoms with Crippen LogP contribution in [0.25, 0.3) is 0 Å². The first-order valence-corrected chi connectivity index (χ1v) is 8.71. The number of benzene rings is 2. The third-order valence-electron chi connectivity index (χ3n) is 4.20. The number of hydrogen-bond donors (Lipinski definition) is 2. The lowest BCUT2D eigenvalue weighted by atomic mass is 10.1. The fraction of sp³-hybridized carbons (Fsp3) is 0.263. The number of fused-ring (bicyclic) bond motifs is 1. The fourth-order valence-electron chi connectivity index (χ4n) is 2.84. The number of quaternary nitrogens is 2. The van der Waals surface area contributed by atoms with Crippen molar-refractivity contribution in [1.29, 1.82) is 0 Å². The molecule has 1 amide bonds. The average Bonchev–Trinajstić information content (AvgIpc) is 2.61. The third kappa shape index (κ3) is 6.08. The quantitative estimate of drug-likeness (QED) is 0.439. The van der Waals surface area contributed by atoms with E-state index in [0.29, 0.717) is 0 Å². The smallest absolute Gasteiger partial charge is 0.352 e. The summed E-state index contributed by atoms with van der Waals surface area (Å²) in [4.78, 5) is 17.6. The highest BCUT2D eigenvalue weighted by Crippen LogP contribution is 2.18. The van der Waals surface area contributed by atoms with Gasteiger partial charge in [0, 0.05) is 17.9 Å². The Bertz CT molecular complexity index is 735. The van der Waals surface area contributed by atoms with E-state index in [0.717, 1.165) is 53.6 Å². The summed E-state index contributed by atoms with van der Waals surface area (Å²) in [6, 6.07) is 15.5. The molecule has 3 rings (SSSR count). The maximum absolute atomic E-state index is 12.4. The van der Waals surface area contributed by atoms with E-state index in [2.05, 4.69) is 22.4 Å². The number of nitrogens with two attached hydrogens (primary N) is 1. The SMILES string of the molecule is O=C1c2ccccc2N=C[NH+]1CCC[NH2+]CCc1ccc(Cl)cc1.[Cl-].[Cl-]. The van der Waals surface area contributed by atoms with E-state index in [1.165, 1.54) is 5.56 Å². The van der Waals surface area contributed by atoms with Gasteiger partial charge >= 0.3 is 5.91 Å². The summed E-state index contributed by atoms with van der Waals surface area (Å²) in [6.07, 6.45) is 3.75. The van der Waals surface area contributed by atoms with E-state index >= 15 is 0 Å². The van der Waals surface area contributed by atoms with Crippen LogP contribution in [0.15, 0.2) is 53.5 Å². The number of amides is 1. The lowest BCUT2D eigenvalue weighted by molar-refractivity contribution is -0.715. The van der Waals surface area contributed by atoms with E-state index in [1.54, 1.807) is 6.34 Å². The van der Waals surface area contributed by atoms with E-state index in [9.17, 15) is 4.79 Å². The van der Waals surface area contributed by atoms with Crippen LogP contribution in [0.1, 0.15) is 22.3 Å². The van der Waals surface area contributed by atoms with Gasteiger partial charge in [-0.1, -0.05) is 35.9 Å². The van der Waals surface area contributed by atoms with Crippen LogP contribution in [0, 0.1) is 0 Å². The van der Waals surface area contributed by atoms with Crippen molar-refractivity contribution in [2.45, 2.75) is 12.8 Å². The van der Waals surface area contributed by atoms with Gasteiger partial charge in [-0.2, -0.15) is 0 Å². The minimum atomic E-state index is 0. The van der Waals surface area contributed by atoms with Crippen LogP contribution in [0.4, 0.5) is 5.69 Å². The van der Waals surface area contributed by atoms with Crippen molar-refractivity contribution in [2.24, 2.45) is 4.99 Å². The number of halogens is 3. The number of rotatable bonds is 7. The molecule has 1 aliphatic rings. The monoisotopic (exact) mass is 413 g/mol. The van der Waals surface area contributed by atoms with Gasteiger partial charge in [0.2, 0.25) is 0 Å². The van der Waals surface area contributed by atoms with Crippen LogP contribution in [0.5, 0.6) is 0 Å². The van der Waals surface area contributed by atoms with Crippen LogP contribution in [0.3, 0.4) is 0 Å². The molecule has 1 heterocycles. The topological polar surface area (TPSA) is 50.5 Å². The number of aliphatic imine (C=N–C) groups is 1. The molecule has 4 nitrogen and oxygen atoms in total. The number of hydrogen-bond acceptors (Lipinski definition) is 2. The van der Waals surface area contributed by atoms with Crippen molar-refractivity contribution in [2.75, 3.05) is 19.6 Å². The predicted molar refractivity (Wildman–Crippen MR) is 96.2 cm³/mol. The maximum Gasteiger partial charge on any atom is 0.352 e. The molecule has 0 bridgehead atoms. The van der Waals surface area contributed by atoms with E-state index < -0.39 is 0 Å². The van der Waals surface area contributed by atoms with Crippen molar-refractivity contribution in [3.05, 3.63) is 64.7 Å². The van der Waals surface area contributed by atoms with Gasteiger partial charge in [-0.25, -0.2) is 14.7 Å². The Kier molecular flexibility index (Phi) is 9.84. The zero-order valence-corrected chi connectivity index (χ0v) is 16.6.